The van der Waals surface area contributed by atoms with E-state index in [1.54, 1.807) is 30.6 Å². The molecular formula is C22H29N7O2. The van der Waals surface area contributed by atoms with Gasteiger partial charge in [0.2, 0.25) is 17.5 Å². The predicted molar refractivity (Wildman–Crippen MR) is 116 cm³/mol. The molecule has 2 aliphatic rings. The molecule has 4 rings (SSSR count). The van der Waals surface area contributed by atoms with E-state index in [0.29, 0.717) is 24.5 Å². The first-order valence-corrected chi connectivity index (χ1v) is 10.9. The number of hydrogen-bond donors (Lipinski definition) is 2. The van der Waals surface area contributed by atoms with Gasteiger partial charge in [-0.3, -0.25) is 15.1 Å². The highest BCUT2D eigenvalue weighted by Crippen LogP contribution is 2.26. The normalized spacial score (nSPS) is 18.8. The van der Waals surface area contributed by atoms with E-state index in [-0.39, 0.29) is 23.7 Å². The number of nitrogens with one attached hydrogen (secondary N) is 1. The fraction of sp³-hybridized carbons (Fsp3) is 0.500. The monoisotopic (exact) mass is 423 g/mol. The Labute approximate surface area is 182 Å². The van der Waals surface area contributed by atoms with Crippen molar-refractivity contribution in [2.45, 2.75) is 32.2 Å². The number of aromatic nitrogens is 3. The fourth-order valence-electron chi connectivity index (χ4n) is 4.54. The Morgan fingerprint density at radius 3 is 2.39 bits per heavy atom. The summed E-state index contributed by atoms with van der Waals surface area (Å²) in [4.78, 5) is 25.4. The topological polar surface area (TPSA) is 126 Å². The van der Waals surface area contributed by atoms with E-state index in [1.807, 2.05) is 4.90 Å². The average molecular weight is 424 g/mol. The molecule has 2 aromatic heterocycles. The first kappa shape index (κ1) is 21.2. The Bertz CT molecular complexity index is 918. The number of nitrogens with two attached hydrogens (primary N) is 1. The Balaban J connectivity index is 1.24. The van der Waals surface area contributed by atoms with Crippen LogP contribution in [0, 0.1) is 22.5 Å². The van der Waals surface area contributed by atoms with Gasteiger partial charge in [0.25, 0.3) is 0 Å². The molecule has 4 heterocycles. The third-order valence-corrected chi connectivity index (χ3v) is 6.38. The van der Waals surface area contributed by atoms with Gasteiger partial charge in [0.1, 0.15) is 5.71 Å². The molecule has 0 spiro atoms. The second-order valence-electron chi connectivity index (χ2n) is 8.42. The standard InChI is InChI=1S/C22H29N7O2/c23-20(19-3-1-2-8-29(19)31)17-6-11-28(12-7-17)21(30)18-4-9-27(10-5-18)15-16-13-25-22(24)26-14-16/h1-3,8,13-14,17-18,23H,4-7,9-12,15H2,(H2,24,25,26). The van der Waals surface area contributed by atoms with Gasteiger partial charge in [-0.2, -0.15) is 4.73 Å². The van der Waals surface area contributed by atoms with Crippen molar-refractivity contribution in [1.29, 1.82) is 5.41 Å². The molecule has 9 heteroatoms. The average Bonchev–Trinajstić information content (AvgIpc) is 2.81. The molecule has 3 N–H and O–H groups in total. The second kappa shape index (κ2) is 9.38. The third kappa shape index (κ3) is 4.99. The van der Waals surface area contributed by atoms with Crippen LogP contribution < -0.4 is 10.5 Å². The van der Waals surface area contributed by atoms with Crippen molar-refractivity contribution in [1.82, 2.24) is 19.8 Å². The summed E-state index contributed by atoms with van der Waals surface area (Å²) in [5.74, 6) is 0.602. The molecular weight excluding hydrogens is 394 g/mol. The molecule has 0 unspecified atom stereocenters. The molecule has 0 aliphatic carbocycles. The molecule has 31 heavy (non-hydrogen) atoms. The lowest BCUT2D eigenvalue weighted by Gasteiger charge is -2.37. The van der Waals surface area contributed by atoms with Crippen LogP contribution in [0.3, 0.4) is 0 Å². The minimum atomic E-state index is 0.0237. The number of carbonyl (C=O) groups is 1. The molecule has 2 aromatic rings. The summed E-state index contributed by atoms with van der Waals surface area (Å²) in [6.45, 7) is 3.83. The lowest BCUT2D eigenvalue weighted by atomic mass is 9.88. The third-order valence-electron chi connectivity index (χ3n) is 6.38. The van der Waals surface area contributed by atoms with Crippen molar-refractivity contribution >= 4 is 17.6 Å². The molecule has 2 saturated heterocycles. The van der Waals surface area contributed by atoms with E-state index in [2.05, 4.69) is 14.9 Å². The smallest absolute Gasteiger partial charge is 0.237 e. The number of nitrogens with zero attached hydrogens (tertiary/aromatic N) is 5. The van der Waals surface area contributed by atoms with Crippen LogP contribution in [0.4, 0.5) is 5.95 Å². The van der Waals surface area contributed by atoms with Crippen molar-refractivity contribution < 1.29 is 9.52 Å². The van der Waals surface area contributed by atoms with Crippen molar-refractivity contribution in [3.05, 3.63) is 53.3 Å². The molecule has 2 aliphatic heterocycles. The van der Waals surface area contributed by atoms with E-state index >= 15 is 0 Å². The summed E-state index contributed by atoms with van der Waals surface area (Å²) >= 11 is 0. The minimum Gasteiger partial charge on any atom is -0.618 e. The van der Waals surface area contributed by atoms with Crippen molar-refractivity contribution in [2.75, 3.05) is 31.9 Å². The zero-order valence-corrected chi connectivity index (χ0v) is 17.6. The number of pyridine rings is 1. The van der Waals surface area contributed by atoms with Gasteiger partial charge in [0.05, 0.1) is 0 Å². The summed E-state index contributed by atoms with van der Waals surface area (Å²) < 4.78 is 0.754. The summed E-state index contributed by atoms with van der Waals surface area (Å²) in [6, 6.07) is 5.14. The molecule has 164 valence electrons. The molecule has 0 saturated carbocycles. The molecule has 2 fully saturated rings. The van der Waals surface area contributed by atoms with Gasteiger partial charge < -0.3 is 15.8 Å². The van der Waals surface area contributed by atoms with Crippen LogP contribution in [-0.2, 0) is 11.3 Å². The molecule has 0 aromatic carbocycles. The number of anilines is 1. The van der Waals surface area contributed by atoms with Crippen LogP contribution in [0.2, 0.25) is 0 Å². The highest BCUT2D eigenvalue weighted by Gasteiger charge is 2.33. The van der Waals surface area contributed by atoms with Crippen molar-refractivity contribution in [3.8, 4) is 0 Å². The van der Waals surface area contributed by atoms with Crippen molar-refractivity contribution in [2.24, 2.45) is 11.8 Å². The molecule has 0 radical (unpaired) electrons. The van der Waals surface area contributed by atoms with Gasteiger partial charge in [-0.1, -0.05) is 0 Å². The van der Waals surface area contributed by atoms with E-state index in [0.717, 1.165) is 55.6 Å². The first-order chi connectivity index (χ1) is 15.0. The fourth-order valence-corrected chi connectivity index (χ4v) is 4.54. The maximum absolute atomic E-state index is 13.0. The number of rotatable bonds is 5. The quantitative estimate of drug-likeness (QED) is 0.423. The maximum Gasteiger partial charge on any atom is 0.237 e. The predicted octanol–water partition coefficient (Wildman–Crippen LogP) is 1.21. The van der Waals surface area contributed by atoms with Crippen molar-refractivity contribution in [3.63, 3.8) is 0 Å². The number of carbonyl (C=O) groups excluding carboxylic acids is 1. The summed E-state index contributed by atoms with van der Waals surface area (Å²) in [7, 11) is 0. The Kier molecular flexibility index (Phi) is 6.41. The zero-order valence-electron chi connectivity index (χ0n) is 17.6. The van der Waals surface area contributed by atoms with Crippen LogP contribution in [0.1, 0.15) is 36.9 Å². The van der Waals surface area contributed by atoms with E-state index in [9.17, 15) is 10.0 Å². The van der Waals surface area contributed by atoms with Crippen LogP contribution >= 0.6 is 0 Å². The van der Waals surface area contributed by atoms with E-state index in [4.69, 9.17) is 11.1 Å². The lowest BCUT2D eigenvalue weighted by molar-refractivity contribution is -0.607. The highest BCUT2D eigenvalue weighted by atomic mass is 16.5. The number of hydrogen-bond acceptors (Lipinski definition) is 7. The van der Waals surface area contributed by atoms with E-state index in [1.165, 1.54) is 6.20 Å². The Morgan fingerprint density at radius 2 is 1.74 bits per heavy atom. The summed E-state index contributed by atoms with van der Waals surface area (Å²) in [6.07, 6.45) is 8.10. The second-order valence-corrected chi connectivity index (χ2v) is 8.42. The zero-order chi connectivity index (χ0) is 21.8. The number of amides is 1. The largest absolute Gasteiger partial charge is 0.618 e. The number of likely N-dealkylation sites (tertiary alicyclic amines) is 2. The summed E-state index contributed by atoms with van der Waals surface area (Å²) in [5.41, 5.74) is 7.35. The van der Waals surface area contributed by atoms with E-state index < -0.39 is 0 Å². The molecule has 9 nitrogen and oxygen atoms in total. The Hall–Kier alpha value is -3.07. The highest BCUT2D eigenvalue weighted by molar-refractivity contribution is 5.97. The summed E-state index contributed by atoms with van der Waals surface area (Å²) in [5, 5.41) is 20.3. The SMILES string of the molecule is N=C(c1cccc[n+]1[O-])C1CCN(C(=O)C2CCN(Cc3cnc(N)nc3)CC2)CC1. The lowest BCUT2D eigenvalue weighted by Crippen LogP contribution is -2.47. The molecule has 0 atom stereocenters. The van der Waals surface area contributed by atoms with Crippen LogP contribution in [-0.4, -0.2) is 57.6 Å². The van der Waals surface area contributed by atoms with Crippen LogP contribution in [0.15, 0.2) is 36.8 Å². The van der Waals surface area contributed by atoms with Gasteiger partial charge in [-0.05, 0) is 44.8 Å². The minimum absolute atomic E-state index is 0.0237. The maximum atomic E-state index is 13.0. The van der Waals surface area contributed by atoms with Gasteiger partial charge >= 0.3 is 0 Å². The molecule has 1 amide bonds. The van der Waals surface area contributed by atoms with Crippen LogP contribution in [0.5, 0.6) is 0 Å². The number of nitrogen functional groups attached to an aromatic ring is 1. The Morgan fingerprint density at radius 1 is 1.10 bits per heavy atom. The van der Waals surface area contributed by atoms with Gasteiger partial charge in [-0.15, -0.1) is 0 Å². The van der Waals surface area contributed by atoms with Crippen LogP contribution in [0.25, 0.3) is 0 Å². The molecule has 0 bridgehead atoms. The first-order valence-electron chi connectivity index (χ1n) is 10.9. The number of piperidine rings is 2. The van der Waals surface area contributed by atoms with Gasteiger partial charge in [-0.25, -0.2) is 9.97 Å². The van der Waals surface area contributed by atoms with Gasteiger partial charge in [0, 0.05) is 61.6 Å². The van der Waals surface area contributed by atoms with Gasteiger partial charge in [0.15, 0.2) is 6.20 Å².